The molecule has 2 N–H and O–H groups in total. The topological polar surface area (TPSA) is 61.5 Å². The van der Waals surface area contributed by atoms with E-state index in [2.05, 4.69) is 0 Å². The highest BCUT2D eigenvalue weighted by Crippen LogP contribution is 2.17. The van der Waals surface area contributed by atoms with Gasteiger partial charge >= 0.3 is 5.97 Å². The second-order valence-corrected chi connectivity index (χ2v) is 5.00. The van der Waals surface area contributed by atoms with Crippen molar-refractivity contribution in [3.05, 3.63) is 29.6 Å². The van der Waals surface area contributed by atoms with Crippen molar-refractivity contribution >= 4 is 5.97 Å². The Morgan fingerprint density at radius 3 is 2.75 bits per heavy atom. The van der Waals surface area contributed by atoms with Crippen LogP contribution in [0.25, 0.3) is 0 Å². The molecular formula is C15H22FNO3. The van der Waals surface area contributed by atoms with Gasteiger partial charge in [0.2, 0.25) is 0 Å². The summed E-state index contributed by atoms with van der Waals surface area (Å²) in [5.74, 6) is -0.0504. The first-order valence-electron chi connectivity index (χ1n) is 6.72. The largest absolute Gasteiger partial charge is 0.494 e. The summed E-state index contributed by atoms with van der Waals surface area (Å²) >= 11 is 0. The number of nitrogens with two attached hydrogens (primary N) is 1. The molecule has 0 aromatic heterocycles. The van der Waals surface area contributed by atoms with Gasteiger partial charge in [-0.1, -0.05) is 0 Å². The Bertz CT molecular complexity index is 460. The van der Waals surface area contributed by atoms with Gasteiger partial charge < -0.3 is 15.2 Å². The highest BCUT2D eigenvalue weighted by molar-refractivity contribution is 5.79. The van der Waals surface area contributed by atoms with Crippen LogP contribution < -0.4 is 10.5 Å². The number of aryl methyl sites for hydroxylation is 1. The van der Waals surface area contributed by atoms with Crippen LogP contribution in [0.4, 0.5) is 4.39 Å². The molecule has 0 aliphatic rings. The molecule has 0 radical (unpaired) electrons. The smallest absolute Gasteiger partial charge is 0.325 e. The van der Waals surface area contributed by atoms with E-state index in [4.69, 9.17) is 15.2 Å². The number of hydrogen-bond donors (Lipinski definition) is 1. The van der Waals surface area contributed by atoms with Crippen LogP contribution in [-0.4, -0.2) is 24.7 Å². The summed E-state index contributed by atoms with van der Waals surface area (Å²) in [6.07, 6.45) is 1.08. The van der Waals surface area contributed by atoms with E-state index in [9.17, 15) is 9.18 Å². The predicted octanol–water partition coefficient (Wildman–Crippen LogP) is 2.57. The van der Waals surface area contributed by atoms with Crippen LogP contribution in [0.15, 0.2) is 18.2 Å². The number of carbonyl (C=O) groups excluding carboxylic acids is 1. The van der Waals surface area contributed by atoms with Crippen molar-refractivity contribution in [2.75, 3.05) is 13.2 Å². The lowest BCUT2D eigenvalue weighted by Gasteiger charge is -2.22. The van der Waals surface area contributed by atoms with Crippen molar-refractivity contribution in [3.63, 3.8) is 0 Å². The summed E-state index contributed by atoms with van der Waals surface area (Å²) in [7, 11) is 0. The Labute approximate surface area is 119 Å². The molecule has 20 heavy (non-hydrogen) atoms. The normalized spacial score (nSPS) is 13.7. The van der Waals surface area contributed by atoms with Gasteiger partial charge in [-0.25, -0.2) is 4.39 Å². The number of hydrogen-bond acceptors (Lipinski definition) is 4. The summed E-state index contributed by atoms with van der Waals surface area (Å²) in [5, 5.41) is 0. The number of rotatable bonds is 7. The van der Waals surface area contributed by atoms with Crippen molar-refractivity contribution in [2.45, 2.75) is 39.2 Å². The van der Waals surface area contributed by atoms with E-state index in [1.54, 1.807) is 32.9 Å². The minimum Gasteiger partial charge on any atom is -0.494 e. The molecule has 0 heterocycles. The van der Waals surface area contributed by atoms with Crippen molar-refractivity contribution in [3.8, 4) is 5.75 Å². The summed E-state index contributed by atoms with van der Waals surface area (Å²) in [6, 6.07) is 4.59. The van der Waals surface area contributed by atoms with Gasteiger partial charge in [0.15, 0.2) is 0 Å². The molecule has 112 valence electrons. The fourth-order valence-electron chi connectivity index (χ4n) is 1.73. The van der Waals surface area contributed by atoms with Crippen LogP contribution in [-0.2, 0) is 9.53 Å². The van der Waals surface area contributed by atoms with E-state index in [0.29, 0.717) is 37.4 Å². The molecule has 0 saturated carbocycles. The van der Waals surface area contributed by atoms with Gasteiger partial charge in [0.1, 0.15) is 17.1 Å². The van der Waals surface area contributed by atoms with Crippen molar-refractivity contribution in [1.29, 1.82) is 0 Å². The van der Waals surface area contributed by atoms with Crippen molar-refractivity contribution < 1.29 is 18.7 Å². The van der Waals surface area contributed by atoms with E-state index in [-0.39, 0.29) is 5.82 Å². The van der Waals surface area contributed by atoms with Crippen LogP contribution in [0.1, 0.15) is 32.3 Å². The minimum atomic E-state index is -1.00. The minimum absolute atomic E-state index is 0.255. The second-order valence-electron chi connectivity index (χ2n) is 5.00. The fraction of sp³-hybridized carbons (Fsp3) is 0.533. The lowest BCUT2D eigenvalue weighted by molar-refractivity contribution is -0.149. The molecule has 5 heteroatoms. The maximum Gasteiger partial charge on any atom is 0.325 e. The first-order chi connectivity index (χ1) is 9.36. The average molecular weight is 283 g/mol. The second kappa shape index (κ2) is 7.24. The summed E-state index contributed by atoms with van der Waals surface area (Å²) in [5.41, 5.74) is 5.43. The van der Waals surface area contributed by atoms with Crippen LogP contribution >= 0.6 is 0 Å². The van der Waals surface area contributed by atoms with E-state index in [1.165, 1.54) is 6.07 Å². The fourth-order valence-corrected chi connectivity index (χ4v) is 1.73. The first kappa shape index (κ1) is 16.4. The SMILES string of the molecule is CCOC(=O)C(C)(N)CCCOc1ccc(F)c(C)c1. The van der Waals surface area contributed by atoms with Crippen molar-refractivity contribution in [1.82, 2.24) is 0 Å². The van der Waals surface area contributed by atoms with Gasteiger partial charge in [0, 0.05) is 0 Å². The molecule has 0 saturated heterocycles. The zero-order valence-corrected chi connectivity index (χ0v) is 12.2. The maximum absolute atomic E-state index is 13.1. The number of carbonyl (C=O) groups is 1. The van der Waals surface area contributed by atoms with E-state index >= 15 is 0 Å². The van der Waals surface area contributed by atoms with Gasteiger partial charge in [0.05, 0.1) is 13.2 Å². The zero-order chi connectivity index (χ0) is 15.2. The van der Waals surface area contributed by atoms with E-state index < -0.39 is 11.5 Å². The molecule has 1 unspecified atom stereocenters. The molecule has 0 amide bonds. The van der Waals surface area contributed by atoms with Gasteiger partial charge in [-0.15, -0.1) is 0 Å². The Kier molecular flexibility index (Phi) is 5.95. The van der Waals surface area contributed by atoms with Gasteiger partial charge in [-0.2, -0.15) is 0 Å². The molecular weight excluding hydrogens is 261 g/mol. The number of ether oxygens (including phenoxy) is 2. The molecule has 0 spiro atoms. The molecule has 0 aliphatic heterocycles. The third-order valence-corrected chi connectivity index (χ3v) is 2.98. The Hall–Kier alpha value is -1.62. The first-order valence-corrected chi connectivity index (χ1v) is 6.72. The third-order valence-electron chi connectivity index (χ3n) is 2.98. The average Bonchev–Trinajstić information content (AvgIpc) is 2.39. The van der Waals surface area contributed by atoms with Gasteiger partial charge in [0.25, 0.3) is 0 Å². The lowest BCUT2D eigenvalue weighted by atomic mass is 9.98. The number of halogens is 1. The van der Waals surface area contributed by atoms with E-state index in [1.807, 2.05) is 0 Å². The maximum atomic E-state index is 13.1. The predicted molar refractivity (Wildman–Crippen MR) is 75.1 cm³/mol. The Morgan fingerprint density at radius 1 is 1.45 bits per heavy atom. The Morgan fingerprint density at radius 2 is 2.15 bits per heavy atom. The quantitative estimate of drug-likeness (QED) is 0.617. The molecule has 1 aromatic rings. The lowest BCUT2D eigenvalue weighted by Crippen LogP contribution is -2.46. The monoisotopic (exact) mass is 283 g/mol. The third kappa shape index (κ3) is 4.81. The summed E-state index contributed by atoms with van der Waals surface area (Å²) in [6.45, 7) is 5.80. The molecule has 4 nitrogen and oxygen atoms in total. The Balaban J connectivity index is 2.37. The van der Waals surface area contributed by atoms with Gasteiger partial charge in [-0.05, 0) is 57.4 Å². The van der Waals surface area contributed by atoms with Crippen LogP contribution in [0.5, 0.6) is 5.75 Å². The van der Waals surface area contributed by atoms with Crippen LogP contribution in [0.3, 0.4) is 0 Å². The molecule has 1 rings (SSSR count). The van der Waals surface area contributed by atoms with Crippen LogP contribution in [0, 0.1) is 12.7 Å². The molecule has 0 bridgehead atoms. The summed E-state index contributed by atoms with van der Waals surface area (Å²) < 4.78 is 23.5. The van der Waals surface area contributed by atoms with E-state index in [0.717, 1.165) is 0 Å². The molecule has 0 aliphatic carbocycles. The molecule has 0 fully saturated rings. The number of benzene rings is 1. The molecule has 1 aromatic carbocycles. The van der Waals surface area contributed by atoms with Crippen LogP contribution in [0.2, 0.25) is 0 Å². The highest BCUT2D eigenvalue weighted by Gasteiger charge is 2.29. The highest BCUT2D eigenvalue weighted by atomic mass is 19.1. The van der Waals surface area contributed by atoms with Gasteiger partial charge in [-0.3, -0.25) is 4.79 Å². The standard InChI is InChI=1S/C15H22FNO3/c1-4-19-14(18)15(3,17)8-5-9-20-12-6-7-13(16)11(2)10-12/h6-7,10H,4-5,8-9,17H2,1-3H3. The van der Waals surface area contributed by atoms with Crippen molar-refractivity contribution in [2.24, 2.45) is 5.73 Å². The molecule has 1 atom stereocenters. The zero-order valence-electron chi connectivity index (χ0n) is 12.2. The summed E-state index contributed by atoms with van der Waals surface area (Å²) in [4.78, 5) is 11.6. The number of esters is 1.